The molecule has 1 aliphatic rings. The zero-order valence-corrected chi connectivity index (χ0v) is 21.4. The Morgan fingerprint density at radius 3 is 2.51 bits per heavy atom. The van der Waals surface area contributed by atoms with E-state index in [4.69, 9.17) is 9.47 Å². The molecule has 1 fully saturated rings. The number of non-ortho nitro benzene ring substituents is 1. The molecule has 1 amide bonds. The van der Waals surface area contributed by atoms with Crippen molar-refractivity contribution in [2.75, 3.05) is 13.7 Å². The number of likely N-dealkylation sites (N-methyl/N-ethyl adjacent to an activating group) is 1. The quantitative estimate of drug-likeness (QED) is 0.149. The summed E-state index contributed by atoms with van der Waals surface area (Å²) in [6, 6.07) is 16.2. The lowest BCUT2D eigenvalue weighted by Crippen LogP contribution is -2.28. The van der Waals surface area contributed by atoms with Crippen molar-refractivity contribution in [2.24, 2.45) is 4.99 Å². The van der Waals surface area contributed by atoms with E-state index in [1.54, 1.807) is 54.6 Å². The van der Waals surface area contributed by atoms with E-state index in [1.165, 1.54) is 12.0 Å². The van der Waals surface area contributed by atoms with Gasteiger partial charge < -0.3 is 9.47 Å². The molecule has 1 aliphatic heterocycles. The Kier molecular flexibility index (Phi) is 8.01. The zero-order valence-electron chi connectivity index (χ0n) is 20.6. The molecule has 0 atom stereocenters. The minimum absolute atomic E-state index is 0.164. The van der Waals surface area contributed by atoms with Crippen molar-refractivity contribution >= 4 is 51.9 Å². The molecule has 4 rings (SSSR count). The highest BCUT2D eigenvalue weighted by molar-refractivity contribution is 8.18. The molecule has 3 aromatic rings. The minimum atomic E-state index is -0.761. The van der Waals surface area contributed by atoms with Gasteiger partial charge in [0.05, 0.1) is 39.2 Å². The van der Waals surface area contributed by atoms with Crippen LogP contribution in [0.4, 0.5) is 17.1 Å². The van der Waals surface area contributed by atoms with Gasteiger partial charge in [0, 0.05) is 12.6 Å². The maximum Gasteiger partial charge on any atom is 0.337 e. The number of nitro groups is 2. The summed E-state index contributed by atoms with van der Waals surface area (Å²) in [5, 5.41) is 22.8. The number of thioether (sulfide) groups is 1. The van der Waals surface area contributed by atoms with Crippen LogP contribution in [0.3, 0.4) is 0 Å². The van der Waals surface area contributed by atoms with E-state index in [9.17, 15) is 29.8 Å². The number of ether oxygens (including phenoxy) is 2. The predicted molar refractivity (Wildman–Crippen MR) is 144 cm³/mol. The molecule has 0 saturated carbocycles. The second kappa shape index (κ2) is 11.6. The topological polar surface area (TPSA) is 154 Å². The molecule has 3 aromatic carbocycles. The Morgan fingerprint density at radius 2 is 1.82 bits per heavy atom. The first-order valence-electron chi connectivity index (χ1n) is 11.4. The van der Waals surface area contributed by atoms with Crippen molar-refractivity contribution in [2.45, 2.75) is 6.92 Å². The van der Waals surface area contributed by atoms with Gasteiger partial charge in [0.25, 0.3) is 11.6 Å². The average Bonchev–Trinajstić information content (AvgIpc) is 3.21. The molecule has 1 saturated heterocycles. The summed E-state index contributed by atoms with van der Waals surface area (Å²) in [6.45, 7) is 2.18. The monoisotopic (exact) mass is 548 g/mol. The van der Waals surface area contributed by atoms with Crippen LogP contribution in [0.25, 0.3) is 6.08 Å². The molecule has 0 spiro atoms. The standard InChI is InChI=1S/C26H20N4O8S/c1-3-28-24(31)23(39-26(28)27-18-8-5-7-17(14-18)25(32)37-2)13-16-6-4-9-20(12-16)38-22-11-10-19(29(33)34)15-21(22)30(35)36/h4-15H,3H2,1-2H3. The van der Waals surface area contributed by atoms with Crippen LogP contribution >= 0.6 is 11.8 Å². The number of amides is 1. The molecule has 39 heavy (non-hydrogen) atoms. The van der Waals surface area contributed by atoms with Crippen molar-refractivity contribution in [1.29, 1.82) is 0 Å². The molecule has 0 aliphatic carbocycles. The number of methoxy groups -OCH3 is 1. The smallest absolute Gasteiger partial charge is 0.337 e. The Labute approximate surface area is 225 Å². The van der Waals surface area contributed by atoms with Crippen molar-refractivity contribution in [3.05, 3.63) is 103 Å². The third-order valence-corrected chi connectivity index (χ3v) is 6.44. The third-order valence-electron chi connectivity index (χ3n) is 5.43. The highest BCUT2D eigenvalue weighted by Gasteiger charge is 2.32. The highest BCUT2D eigenvalue weighted by Crippen LogP contribution is 2.37. The van der Waals surface area contributed by atoms with Crippen LogP contribution in [-0.4, -0.2) is 45.4 Å². The normalized spacial score (nSPS) is 15.0. The van der Waals surface area contributed by atoms with Gasteiger partial charge in [-0.3, -0.25) is 29.9 Å². The lowest BCUT2D eigenvalue weighted by Gasteiger charge is -2.12. The zero-order chi connectivity index (χ0) is 28.1. The second-order valence-corrected chi connectivity index (χ2v) is 8.95. The molecule has 198 valence electrons. The SMILES string of the molecule is CCN1C(=O)C(=Cc2cccc(Oc3ccc([N+](=O)[O-])cc3[N+](=O)[O-])c2)SC1=Nc1cccc(C(=O)OC)c1. The van der Waals surface area contributed by atoms with Crippen LogP contribution in [0, 0.1) is 20.2 Å². The number of esters is 1. The molecule has 0 N–H and O–H groups in total. The Balaban J connectivity index is 1.60. The summed E-state index contributed by atoms with van der Waals surface area (Å²) in [5.41, 5.74) is 0.410. The number of hydrogen-bond acceptors (Lipinski definition) is 10. The fraction of sp³-hybridized carbons (Fsp3) is 0.115. The number of aliphatic imine (C=N–C) groups is 1. The van der Waals surface area contributed by atoms with Crippen LogP contribution in [0.5, 0.6) is 11.5 Å². The lowest BCUT2D eigenvalue weighted by molar-refractivity contribution is -0.394. The summed E-state index contributed by atoms with van der Waals surface area (Å²) < 4.78 is 10.4. The van der Waals surface area contributed by atoms with E-state index in [-0.39, 0.29) is 17.4 Å². The number of carbonyl (C=O) groups is 2. The summed E-state index contributed by atoms with van der Waals surface area (Å²) in [4.78, 5) is 52.3. The summed E-state index contributed by atoms with van der Waals surface area (Å²) in [6.07, 6.45) is 1.64. The number of amidine groups is 1. The number of nitrogens with zero attached hydrogens (tertiary/aromatic N) is 4. The van der Waals surface area contributed by atoms with Crippen LogP contribution in [0.1, 0.15) is 22.8 Å². The van der Waals surface area contributed by atoms with Gasteiger partial charge in [0.1, 0.15) is 5.75 Å². The van der Waals surface area contributed by atoms with Gasteiger partial charge in [-0.25, -0.2) is 9.79 Å². The van der Waals surface area contributed by atoms with Gasteiger partial charge in [0.2, 0.25) is 5.75 Å². The van der Waals surface area contributed by atoms with Crippen molar-refractivity contribution in [1.82, 2.24) is 4.90 Å². The fourth-order valence-corrected chi connectivity index (χ4v) is 4.66. The molecule has 13 heteroatoms. The first kappa shape index (κ1) is 27.0. The van der Waals surface area contributed by atoms with Crippen molar-refractivity contribution in [3.63, 3.8) is 0 Å². The van der Waals surface area contributed by atoms with Gasteiger partial charge in [-0.05, 0) is 66.7 Å². The van der Waals surface area contributed by atoms with Crippen LogP contribution in [-0.2, 0) is 9.53 Å². The highest BCUT2D eigenvalue weighted by atomic mass is 32.2. The predicted octanol–water partition coefficient (Wildman–Crippen LogP) is 5.71. The third kappa shape index (κ3) is 6.10. The summed E-state index contributed by atoms with van der Waals surface area (Å²) in [5.74, 6) is -0.691. The molecule has 0 radical (unpaired) electrons. The van der Waals surface area contributed by atoms with Gasteiger partial charge in [0.15, 0.2) is 5.17 Å². The van der Waals surface area contributed by atoms with Crippen LogP contribution in [0.15, 0.2) is 76.6 Å². The van der Waals surface area contributed by atoms with Gasteiger partial charge in [-0.2, -0.15) is 0 Å². The Bertz CT molecular complexity index is 1550. The maximum atomic E-state index is 13.1. The number of nitro benzene ring substituents is 2. The Morgan fingerprint density at radius 1 is 1.05 bits per heavy atom. The number of rotatable bonds is 8. The molecule has 12 nitrogen and oxygen atoms in total. The van der Waals surface area contributed by atoms with E-state index >= 15 is 0 Å². The molecule has 0 aromatic heterocycles. The first-order chi connectivity index (χ1) is 18.7. The first-order valence-corrected chi connectivity index (χ1v) is 12.2. The van der Waals surface area contributed by atoms with Crippen LogP contribution in [0.2, 0.25) is 0 Å². The van der Waals surface area contributed by atoms with Crippen molar-refractivity contribution in [3.8, 4) is 11.5 Å². The molecule has 1 heterocycles. The molecule has 0 bridgehead atoms. The number of hydrogen-bond donors (Lipinski definition) is 0. The van der Waals surface area contributed by atoms with E-state index < -0.39 is 27.2 Å². The summed E-state index contributed by atoms with van der Waals surface area (Å²) >= 11 is 1.16. The van der Waals surface area contributed by atoms with E-state index in [1.807, 2.05) is 6.92 Å². The van der Waals surface area contributed by atoms with Gasteiger partial charge >= 0.3 is 11.7 Å². The van der Waals surface area contributed by atoms with Gasteiger partial charge in [-0.1, -0.05) is 18.2 Å². The number of carbonyl (C=O) groups excluding carboxylic acids is 2. The lowest BCUT2D eigenvalue weighted by atomic mass is 10.2. The fourth-order valence-electron chi connectivity index (χ4n) is 3.60. The molecular weight excluding hydrogens is 528 g/mol. The maximum absolute atomic E-state index is 13.1. The average molecular weight is 549 g/mol. The minimum Gasteiger partial charge on any atom is -0.465 e. The van der Waals surface area contributed by atoms with Crippen LogP contribution < -0.4 is 4.74 Å². The number of benzene rings is 3. The van der Waals surface area contributed by atoms with Gasteiger partial charge in [-0.15, -0.1) is 0 Å². The molecular formula is C26H20N4O8S. The Hall–Kier alpha value is -5.04. The van der Waals surface area contributed by atoms with Crippen molar-refractivity contribution < 1.29 is 28.9 Å². The van der Waals surface area contributed by atoms with E-state index in [0.717, 1.165) is 30.0 Å². The second-order valence-electron chi connectivity index (χ2n) is 7.94. The largest absolute Gasteiger partial charge is 0.465 e. The summed E-state index contributed by atoms with van der Waals surface area (Å²) in [7, 11) is 1.29. The van der Waals surface area contributed by atoms with E-state index in [0.29, 0.717) is 33.4 Å². The van der Waals surface area contributed by atoms with E-state index in [2.05, 4.69) is 4.99 Å². The molecule has 0 unspecified atom stereocenters.